The minimum Gasteiger partial charge on any atom is -0.494 e. The summed E-state index contributed by atoms with van der Waals surface area (Å²) in [5.41, 5.74) is 3.62. The van der Waals surface area contributed by atoms with E-state index in [2.05, 4.69) is 20.6 Å². The average Bonchev–Trinajstić information content (AvgIpc) is 2.86. The fourth-order valence-corrected chi connectivity index (χ4v) is 3.81. The zero-order valence-electron chi connectivity index (χ0n) is 18.7. The molecule has 174 valence electrons. The molecule has 0 saturated heterocycles. The molecule has 0 fully saturated rings. The van der Waals surface area contributed by atoms with Gasteiger partial charge in [0.05, 0.1) is 6.61 Å². The van der Waals surface area contributed by atoms with Crippen LogP contribution in [0.4, 0.5) is 17.5 Å². The van der Waals surface area contributed by atoms with E-state index in [9.17, 15) is 4.21 Å². The van der Waals surface area contributed by atoms with E-state index >= 15 is 0 Å². The van der Waals surface area contributed by atoms with Gasteiger partial charge >= 0.3 is 0 Å². The summed E-state index contributed by atoms with van der Waals surface area (Å²) < 4.78 is 24.5. The number of rotatable bonds is 10. The highest BCUT2D eigenvalue weighted by Gasteiger charge is 2.11. The molecular weight excluding hydrogens is 448 g/mol. The van der Waals surface area contributed by atoms with Gasteiger partial charge < -0.3 is 24.4 Å². The molecule has 4 aromatic rings. The molecule has 4 rings (SSSR count). The van der Waals surface area contributed by atoms with Crippen LogP contribution in [0.5, 0.6) is 5.75 Å². The van der Waals surface area contributed by atoms with E-state index in [1.165, 1.54) is 0 Å². The van der Waals surface area contributed by atoms with E-state index < -0.39 is 10.6 Å². The van der Waals surface area contributed by atoms with Gasteiger partial charge in [-0.25, -0.2) is 4.98 Å². The number of pyridine rings is 1. The molecule has 2 aromatic heterocycles. The summed E-state index contributed by atoms with van der Waals surface area (Å²) in [4.78, 5) is 13.8. The van der Waals surface area contributed by atoms with Crippen LogP contribution in [0.15, 0.2) is 84.1 Å². The molecular formula is C25H25N6O2S-. The number of nitrogens with one attached hydrogen (secondary N) is 3. The van der Waals surface area contributed by atoms with Crippen LogP contribution in [0.2, 0.25) is 0 Å². The first-order valence-electron chi connectivity index (χ1n) is 10.9. The summed E-state index contributed by atoms with van der Waals surface area (Å²) in [6, 6.07) is 18.6. The van der Waals surface area contributed by atoms with Gasteiger partial charge in [-0.05, 0) is 48.7 Å². The molecule has 0 amide bonds. The third kappa shape index (κ3) is 6.08. The first kappa shape index (κ1) is 23.2. The van der Waals surface area contributed by atoms with Crippen molar-refractivity contribution in [2.75, 3.05) is 23.8 Å². The molecule has 0 aliphatic heterocycles. The lowest BCUT2D eigenvalue weighted by molar-refractivity contribution is 0.340. The monoisotopic (exact) mass is 473 g/mol. The van der Waals surface area contributed by atoms with E-state index in [-0.39, 0.29) is 0 Å². The summed E-state index contributed by atoms with van der Waals surface area (Å²) in [6.45, 7) is 3.23. The third-order valence-electron chi connectivity index (χ3n) is 5.00. The number of ether oxygens (including phenoxy) is 1. The fourth-order valence-electron chi connectivity index (χ4n) is 3.37. The Morgan fingerprint density at radius 1 is 1.06 bits per heavy atom. The van der Waals surface area contributed by atoms with E-state index in [4.69, 9.17) is 14.5 Å². The van der Waals surface area contributed by atoms with Gasteiger partial charge in [0.25, 0.3) is 0 Å². The second-order valence-electron chi connectivity index (χ2n) is 7.37. The quantitative estimate of drug-likeness (QED) is 0.264. The Morgan fingerprint density at radius 3 is 2.65 bits per heavy atom. The van der Waals surface area contributed by atoms with Crippen molar-refractivity contribution in [2.45, 2.75) is 18.2 Å². The van der Waals surface area contributed by atoms with Gasteiger partial charge in [-0.2, -0.15) is 15.6 Å². The fraction of sp³-hybridized carbons (Fsp3) is 0.160. The van der Waals surface area contributed by atoms with Gasteiger partial charge in [0.1, 0.15) is 11.6 Å². The van der Waals surface area contributed by atoms with Crippen molar-refractivity contribution in [3.8, 4) is 16.9 Å². The van der Waals surface area contributed by atoms with Crippen LogP contribution in [0, 0.1) is 4.78 Å². The van der Waals surface area contributed by atoms with Crippen LogP contribution >= 0.6 is 0 Å². The summed E-state index contributed by atoms with van der Waals surface area (Å²) in [7, 11) is -1.81. The van der Waals surface area contributed by atoms with Crippen LogP contribution in [0.25, 0.3) is 11.1 Å². The Bertz CT molecular complexity index is 1300. The van der Waals surface area contributed by atoms with Gasteiger partial charge in [-0.15, -0.1) is 0 Å². The van der Waals surface area contributed by atoms with Crippen molar-refractivity contribution in [3.05, 3.63) is 84.8 Å². The number of nitrogens with zero attached hydrogens (tertiary/aromatic N) is 3. The predicted molar refractivity (Wildman–Crippen MR) is 134 cm³/mol. The molecule has 0 aliphatic rings. The number of hydrogen-bond acceptors (Lipinski definition) is 9. The molecule has 9 heteroatoms. The largest absolute Gasteiger partial charge is 0.494 e. The van der Waals surface area contributed by atoms with Gasteiger partial charge in [0, 0.05) is 36.4 Å². The topological polar surface area (TPSA) is 113 Å². The second-order valence-corrected chi connectivity index (χ2v) is 8.38. The third-order valence-corrected chi connectivity index (χ3v) is 5.68. The van der Waals surface area contributed by atoms with Crippen molar-refractivity contribution >= 4 is 28.0 Å². The van der Waals surface area contributed by atoms with Gasteiger partial charge in [-0.3, -0.25) is 4.98 Å². The molecule has 3 N–H and O–H groups in total. The van der Waals surface area contributed by atoms with E-state index in [1.54, 1.807) is 30.6 Å². The van der Waals surface area contributed by atoms with Gasteiger partial charge in [0.2, 0.25) is 5.95 Å². The summed E-state index contributed by atoms with van der Waals surface area (Å²) in [5, 5.41) is 6.57. The Balaban J connectivity index is 1.60. The molecule has 0 saturated carbocycles. The molecule has 0 radical (unpaired) electrons. The summed E-state index contributed by atoms with van der Waals surface area (Å²) in [5.74, 6) is 1.89. The minimum atomic E-state index is -1.81. The first-order chi connectivity index (χ1) is 16.6. The Kier molecular flexibility index (Phi) is 7.67. The predicted octanol–water partition coefficient (Wildman–Crippen LogP) is 5.42. The molecule has 8 nitrogen and oxygen atoms in total. The summed E-state index contributed by atoms with van der Waals surface area (Å²) in [6.07, 6.45) is 6.17. The highest BCUT2D eigenvalue weighted by molar-refractivity contribution is 7.73. The Morgan fingerprint density at radius 2 is 1.91 bits per heavy atom. The van der Waals surface area contributed by atoms with Crippen molar-refractivity contribution in [3.63, 3.8) is 0 Å². The molecule has 2 heterocycles. The highest BCUT2D eigenvalue weighted by Crippen LogP contribution is 2.29. The van der Waals surface area contributed by atoms with Crippen molar-refractivity contribution in [1.29, 1.82) is 4.78 Å². The van der Waals surface area contributed by atoms with E-state index in [1.807, 2.05) is 55.6 Å². The lowest BCUT2D eigenvalue weighted by Gasteiger charge is -2.14. The van der Waals surface area contributed by atoms with Crippen molar-refractivity contribution in [2.24, 2.45) is 0 Å². The Hall–Kier alpha value is -3.98. The lowest BCUT2D eigenvalue weighted by atomic mass is 10.1. The minimum absolute atomic E-state index is 0.395. The first-order valence-corrected chi connectivity index (χ1v) is 12.0. The zero-order chi connectivity index (χ0) is 23.8. The highest BCUT2D eigenvalue weighted by atomic mass is 32.2. The SMILES string of the molecule is CCOc1ccc(-c2cnc(Nc3cccc([S-](=N)=O)c3)nc2NCCc2cccnc2)cc1. The standard InChI is InChI=1S/C25H25N6O2S/c1-2-33-21-10-8-19(9-11-21)23-17-29-25(30-20-6-3-7-22(15-20)34(26)32)31-24(23)28-14-12-18-5-4-13-27-16-18/h3-11,13,15-17,26H,2,12,14H2,1H3,(H2,28,29,30,31)/q-1. The lowest BCUT2D eigenvalue weighted by Crippen LogP contribution is -2.09. The second kappa shape index (κ2) is 11.2. The Labute approximate surface area is 200 Å². The van der Waals surface area contributed by atoms with Crippen LogP contribution in [0.1, 0.15) is 12.5 Å². The van der Waals surface area contributed by atoms with Crippen LogP contribution in [0.3, 0.4) is 0 Å². The molecule has 0 aliphatic carbocycles. The van der Waals surface area contributed by atoms with E-state index in [0.29, 0.717) is 35.5 Å². The smallest absolute Gasteiger partial charge is 0.229 e. The van der Waals surface area contributed by atoms with E-state index in [0.717, 1.165) is 28.9 Å². The number of benzene rings is 2. The zero-order valence-corrected chi connectivity index (χ0v) is 19.5. The van der Waals surface area contributed by atoms with Crippen LogP contribution in [-0.4, -0.2) is 28.1 Å². The number of aromatic nitrogens is 3. The molecule has 0 atom stereocenters. The summed E-state index contributed by atoms with van der Waals surface area (Å²) >= 11 is 0. The molecule has 0 bridgehead atoms. The van der Waals surface area contributed by atoms with Gasteiger partial charge in [0.15, 0.2) is 0 Å². The average molecular weight is 474 g/mol. The van der Waals surface area contributed by atoms with Crippen LogP contribution in [-0.2, 0) is 21.2 Å². The normalized spacial score (nSPS) is 10.8. The maximum absolute atomic E-state index is 11.5. The molecule has 34 heavy (non-hydrogen) atoms. The number of anilines is 3. The van der Waals surface area contributed by atoms with Crippen molar-refractivity contribution < 1.29 is 8.95 Å². The number of hydrogen-bond donors (Lipinski definition) is 3. The maximum atomic E-state index is 11.5. The van der Waals surface area contributed by atoms with Crippen LogP contribution < -0.4 is 15.4 Å². The molecule has 0 spiro atoms. The maximum Gasteiger partial charge on any atom is 0.229 e. The van der Waals surface area contributed by atoms with Gasteiger partial charge in [-0.1, -0.05) is 41.3 Å². The molecule has 2 aromatic carbocycles. The van der Waals surface area contributed by atoms with Crippen molar-refractivity contribution in [1.82, 2.24) is 15.0 Å². The molecule has 0 unspecified atom stereocenters.